The van der Waals surface area contributed by atoms with Gasteiger partial charge in [0.15, 0.2) is 0 Å². The topological polar surface area (TPSA) is 70.4 Å². The van der Waals surface area contributed by atoms with Gasteiger partial charge in [-0.05, 0) is 13.8 Å². The van der Waals surface area contributed by atoms with Crippen LogP contribution in [0.15, 0.2) is 11.0 Å². The zero-order valence-electron chi connectivity index (χ0n) is 8.74. The third kappa shape index (κ3) is 1.45. The van der Waals surface area contributed by atoms with Gasteiger partial charge < -0.3 is 10.1 Å². The zero-order chi connectivity index (χ0) is 11.0. The number of fused-ring (bicyclic) bond motifs is 1. The summed E-state index contributed by atoms with van der Waals surface area (Å²) < 4.78 is 1.70. The van der Waals surface area contributed by atoms with Gasteiger partial charge in [0.25, 0.3) is 5.56 Å². The molecule has 2 aromatic heterocycles. The summed E-state index contributed by atoms with van der Waals surface area (Å²) in [6.07, 6.45) is 2.07. The van der Waals surface area contributed by atoms with Gasteiger partial charge >= 0.3 is 0 Å². The maximum atomic E-state index is 11.7. The highest BCUT2D eigenvalue weighted by Crippen LogP contribution is 2.09. The average molecular weight is 207 g/mol. The van der Waals surface area contributed by atoms with Crippen molar-refractivity contribution in [3.63, 3.8) is 0 Å². The third-order valence-electron chi connectivity index (χ3n) is 2.57. The van der Waals surface area contributed by atoms with E-state index in [9.17, 15) is 4.79 Å². The van der Waals surface area contributed by atoms with E-state index in [0.29, 0.717) is 12.0 Å². The number of nitrogens with zero attached hydrogens (tertiary/aromatic N) is 2. The van der Waals surface area contributed by atoms with Crippen molar-refractivity contribution in [2.45, 2.75) is 20.3 Å². The van der Waals surface area contributed by atoms with E-state index in [0.717, 1.165) is 16.9 Å². The molecule has 2 aromatic rings. The molecule has 0 unspecified atom stereocenters. The molecule has 0 saturated carbocycles. The van der Waals surface area contributed by atoms with Crippen LogP contribution >= 0.6 is 0 Å². The normalized spacial score (nSPS) is 11.1. The van der Waals surface area contributed by atoms with Crippen molar-refractivity contribution >= 4 is 5.65 Å². The number of aliphatic hydroxyl groups excluding tert-OH is 1. The quantitative estimate of drug-likeness (QED) is 0.737. The van der Waals surface area contributed by atoms with Crippen LogP contribution in [0, 0.1) is 13.8 Å². The molecule has 0 atom stereocenters. The fraction of sp³-hybridized carbons (Fsp3) is 0.400. The minimum absolute atomic E-state index is 0.0321. The van der Waals surface area contributed by atoms with Gasteiger partial charge in [0, 0.05) is 24.2 Å². The Kier molecular flexibility index (Phi) is 2.32. The van der Waals surface area contributed by atoms with Gasteiger partial charge in [-0.1, -0.05) is 0 Å². The van der Waals surface area contributed by atoms with E-state index in [1.165, 1.54) is 0 Å². The molecule has 0 aromatic carbocycles. The highest BCUT2D eigenvalue weighted by Gasteiger charge is 2.10. The van der Waals surface area contributed by atoms with Gasteiger partial charge in [0.2, 0.25) is 0 Å². The zero-order valence-corrected chi connectivity index (χ0v) is 8.74. The van der Waals surface area contributed by atoms with Crippen molar-refractivity contribution in [2.24, 2.45) is 0 Å². The van der Waals surface area contributed by atoms with Crippen LogP contribution in [0.25, 0.3) is 5.65 Å². The first-order chi connectivity index (χ1) is 7.15. The van der Waals surface area contributed by atoms with E-state index < -0.39 is 0 Å². The number of hydrogen-bond acceptors (Lipinski definition) is 3. The van der Waals surface area contributed by atoms with Crippen LogP contribution in [-0.4, -0.2) is 26.3 Å². The standard InChI is InChI=1S/C10H13N3O2/c1-6-5-11-13-7(2)8(3-4-14)10(15)12-9(6)13/h5,14H,3-4H2,1-2H3,(H,12,15). The number of rotatable bonds is 2. The molecule has 0 aliphatic heterocycles. The van der Waals surface area contributed by atoms with Crippen LogP contribution in [0.3, 0.4) is 0 Å². The van der Waals surface area contributed by atoms with Crippen LogP contribution < -0.4 is 5.56 Å². The van der Waals surface area contributed by atoms with Crippen LogP contribution in [0.1, 0.15) is 16.8 Å². The Hall–Kier alpha value is -1.62. The Balaban J connectivity index is 2.79. The lowest BCUT2D eigenvalue weighted by molar-refractivity contribution is 0.298. The number of hydrogen-bond donors (Lipinski definition) is 2. The maximum absolute atomic E-state index is 11.7. The van der Waals surface area contributed by atoms with Crippen LogP contribution in [0.2, 0.25) is 0 Å². The molecule has 0 fully saturated rings. The molecule has 2 rings (SSSR count). The van der Waals surface area contributed by atoms with Gasteiger partial charge in [0.05, 0.1) is 11.9 Å². The number of aromatic amines is 1. The minimum atomic E-state index is -0.141. The summed E-state index contributed by atoms with van der Waals surface area (Å²) >= 11 is 0. The maximum Gasteiger partial charge on any atom is 0.254 e. The van der Waals surface area contributed by atoms with E-state index in [-0.39, 0.29) is 12.2 Å². The summed E-state index contributed by atoms with van der Waals surface area (Å²) in [6.45, 7) is 3.69. The van der Waals surface area contributed by atoms with Gasteiger partial charge in [-0.2, -0.15) is 5.10 Å². The first-order valence-electron chi connectivity index (χ1n) is 4.82. The van der Waals surface area contributed by atoms with Crippen molar-refractivity contribution in [1.29, 1.82) is 0 Å². The molecule has 15 heavy (non-hydrogen) atoms. The van der Waals surface area contributed by atoms with Crippen molar-refractivity contribution in [3.05, 3.63) is 33.4 Å². The molecule has 0 saturated heterocycles. The first kappa shape index (κ1) is 9.92. The molecule has 0 spiro atoms. The Labute approximate surface area is 86.4 Å². The molecular formula is C10H13N3O2. The Bertz CT molecular complexity index is 554. The van der Waals surface area contributed by atoms with E-state index >= 15 is 0 Å². The number of nitrogens with one attached hydrogen (secondary N) is 1. The van der Waals surface area contributed by atoms with E-state index in [4.69, 9.17) is 5.11 Å². The minimum Gasteiger partial charge on any atom is -0.396 e. The molecule has 0 aliphatic rings. The first-order valence-corrected chi connectivity index (χ1v) is 4.82. The summed E-state index contributed by atoms with van der Waals surface area (Å²) in [6, 6.07) is 0. The van der Waals surface area contributed by atoms with Gasteiger partial charge in [-0.15, -0.1) is 0 Å². The lowest BCUT2D eigenvalue weighted by atomic mass is 10.2. The van der Waals surface area contributed by atoms with E-state index in [2.05, 4.69) is 10.1 Å². The van der Waals surface area contributed by atoms with Crippen molar-refractivity contribution in [1.82, 2.24) is 14.6 Å². The number of aliphatic hydroxyl groups is 1. The molecule has 0 amide bonds. The van der Waals surface area contributed by atoms with Crippen LogP contribution in [0.4, 0.5) is 0 Å². The Morgan fingerprint density at radius 3 is 2.93 bits per heavy atom. The summed E-state index contributed by atoms with van der Waals surface area (Å²) in [5.74, 6) is 0. The molecule has 0 radical (unpaired) electrons. The molecule has 5 heteroatoms. The summed E-state index contributed by atoms with van der Waals surface area (Å²) in [7, 11) is 0. The van der Waals surface area contributed by atoms with Gasteiger partial charge in [0.1, 0.15) is 5.65 Å². The summed E-state index contributed by atoms with van der Waals surface area (Å²) in [5.41, 5.74) is 2.89. The summed E-state index contributed by atoms with van der Waals surface area (Å²) in [5, 5.41) is 13.0. The van der Waals surface area contributed by atoms with Crippen LogP contribution in [0.5, 0.6) is 0 Å². The lowest BCUT2D eigenvalue weighted by Gasteiger charge is -2.05. The predicted molar refractivity (Wildman–Crippen MR) is 56.1 cm³/mol. The second-order valence-corrected chi connectivity index (χ2v) is 3.58. The average Bonchev–Trinajstić information content (AvgIpc) is 2.55. The fourth-order valence-corrected chi connectivity index (χ4v) is 1.72. The highest BCUT2D eigenvalue weighted by atomic mass is 16.3. The fourth-order valence-electron chi connectivity index (χ4n) is 1.72. The smallest absolute Gasteiger partial charge is 0.254 e. The Morgan fingerprint density at radius 1 is 1.53 bits per heavy atom. The van der Waals surface area contributed by atoms with E-state index in [1.807, 2.05) is 13.8 Å². The van der Waals surface area contributed by atoms with Crippen molar-refractivity contribution in [2.75, 3.05) is 6.61 Å². The van der Waals surface area contributed by atoms with E-state index in [1.54, 1.807) is 10.7 Å². The Morgan fingerprint density at radius 2 is 2.27 bits per heavy atom. The SMILES string of the molecule is Cc1cnn2c(C)c(CCO)c(=O)[nH]c12. The lowest BCUT2D eigenvalue weighted by Crippen LogP contribution is -2.19. The number of H-pyrrole nitrogens is 1. The second kappa shape index (κ2) is 3.51. The highest BCUT2D eigenvalue weighted by molar-refractivity contribution is 5.47. The molecule has 80 valence electrons. The predicted octanol–water partition coefficient (Wildman–Crippen LogP) is 0.174. The molecular weight excluding hydrogens is 194 g/mol. The van der Waals surface area contributed by atoms with Gasteiger partial charge in [-0.3, -0.25) is 4.79 Å². The van der Waals surface area contributed by atoms with Crippen molar-refractivity contribution < 1.29 is 5.11 Å². The molecule has 0 bridgehead atoms. The van der Waals surface area contributed by atoms with Crippen LogP contribution in [-0.2, 0) is 6.42 Å². The third-order valence-corrected chi connectivity index (χ3v) is 2.57. The molecule has 2 heterocycles. The molecule has 2 N–H and O–H groups in total. The second-order valence-electron chi connectivity index (χ2n) is 3.58. The summed E-state index contributed by atoms with van der Waals surface area (Å²) in [4.78, 5) is 14.5. The largest absolute Gasteiger partial charge is 0.396 e. The monoisotopic (exact) mass is 207 g/mol. The number of aryl methyl sites for hydroxylation is 2. The number of aromatic nitrogens is 3. The molecule has 5 nitrogen and oxygen atoms in total. The van der Waals surface area contributed by atoms with Gasteiger partial charge in [-0.25, -0.2) is 4.52 Å². The molecule has 0 aliphatic carbocycles. The van der Waals surface area contributed by atoms with Crippen molar-refractivity contribution in [3.8, 4) is 0 Å².